The molecule has 0 bridgehead atoms. The molecule has 4 heterocycles. The van der Waals surface area contributed by atoms with Gasteiger partial charge in [0.25, 0.3) is 0 Å². The van der Waals surface area contributed by atoms with E-state index in [1.165, 1.54) is 0 Å². The highest BCUT2D eigenvalue weighted by Gasteiger charge is 2.28. The van der Waals surface area contributed by atoms with Crippen molar-refractivity contribution in [1.29, 1.82) is 0 Å². The van der Waals surface area contributed by atoms with Gasteiger partial charge in [0.05, 0.1) is 17.0 Å². The third-order valence-corrected chi connectivity index (χ3v) is 5.35. The minimum absolute atomic E-state index is 0.335. The molecule has 0 unspecified atom stereocenters. The molecule has 1 saturated heterocycles. The second kappa shape index (κ2) is 7.71. The fraction of sp³-hybridized carbons (Fsp3) is 0.500. The molecule has 1 N–H and O–H groups in total. The Kier molecular flexibility index (Phi) is 5.13. The number of H-pyrrole nitrogens is 1. The van der Waals surface area contributed by atoms with Crippen molar-refractivity contribution in [2.75, 3.05) is 32.1 Å². The average molecular weight is 381 g/mol. The smallest absolute Gasteiger partial charge is 0.225 e. The van der Waals surface area contributed by atoms with Crippen molar-refractivity contribution in [2.45, 2.75) is 39.2 Å². The molecule has 148 valence electrons. The van der Waals surface area contributed by atoms with Gasteiger partial charge < -0.3 is 9.42 Å². The topological polar surface area (TPSA) is 87.0 Å². The number of aryl methyl sites for hydroxylation is 2. The van der Waals surface area contributed by atoms with Gasteiger partial charge in [-0.25, -0.2) is 9.97 Å². The fourth-order valence-corrected chi connectivity index (χ4v) is 4.01. The molecule has 28 heavy (non-hydrogen) atoms. The summed E-state index contributed by atoms with van der Waals surface area (Å²) in [6.45, 7) is 6.84. The normalized spacial score (nSPS) is 17.8. The van der Waals surface area contributed by atoms with Crippen LogP contribution in [0, 0.1) is 13.8 Å². The van der Waals surface area contributed by atoms with E-state index in [2.05, 4.69) is 25.2 Å². The standard InChI is InChI=1S/C20H27N7O/c1-13-18(14(2)28-25-13)17-10-21-20(26(3)4)23-19(17)15-6-5-9-27(11-15)12-16-7-8-22-24-16/h7-8,10,15H,5-6,9,11-12H2,1-4H3,(H,22,24)/t15-/m0/s1. The van der Waals surface area contributed by atoms with E-state index in [1.807, 2.05) is 45.1 Å². The average Bonchev–Trinajstić information content (AvgIpc) is 3.31. The minimum Gasteiger partial charge on any atom is -0.361 e. The molecule has 0 radical (unpaired) electrons. The molecule has 3 aromatic heterocycles. The number of likely N-dealkylation sites (tertiary alicyclic amines) is 1. The van der Waals surface area contributed by atoms with Gasteiger partial charge in [-0.15, -0.1) is 0 Å². The predicted octanol–water partition coefficient (Wildman–Crippen LogP) is 2.92. The van der Waals surface area contributed by atoms with Crippen molar-refractivity contribution in [3.05, 3.63) is 41.3 Å². The quantitative estimate of drug-likeness (QED) is 0.727. The van der Waals surface area contributed by atoms with Gasteiger partial charge in [-0.1, -0.05) is 5.16 Å². The van der Waals surface area contributed by atoms with Gasteiger partial charge in [0, 0.05) is 56.8 Å². The SMILES string of the molecule is Cc1noc(C)c1-c1cnc(N(C)C)nc1[C@H]1CCCN(Cc2ccn[nH]2)C1. The lowest BCUT2D eigenvalue weighted by Crippen LogP contribution is -2.34. The van der Waals surface area contributed by atoms with E-state index >= 15 is 0 Å². The largest absolute Gasteiger partial charge is 0.361 e. The maximum Gasteiger partial charge on any atom is 0.225 e. The van der Waals surface area contributed by atoms with Crippen LogP contribution in [0.1, 0.15) is 41.6 Å². The summed E-state index contributed by atoms with van der Waals surface area (Å²) in [4.78, 5) is 14.0. The Bertz CT molecular complexity index is 913. The van der Waals surface area contributed by atoms with Crippen molar-refractivity contribution in [3.63, 3.8) is 0 Å². The maximum absolute atomic E-state index is 5.42. The molecule has 0 aliphatic carbocycles. The molecule has 1 aliphatic rings. The number of rotatable bonds is 5. The summed E-state index contributed by atoms with van der Waals surface area (Å²) in [5, 5.41) is 11.3. The monoisotopic (exact) mass is 381 g/mol. The molecule has 3 aromatic rings. The molecule has 0 amide bonds. The highest BCUT2D eigenvalue weighted by atomic mass is 16.5. The van der Waals surface area contributed by atoms with Crippen LogP contribution in [0.4, 0.5) is 5.95 Å². The van der Waals surface area contributed by atoms with Crippen LogP contribution in [0.2, 0.25) is 0 Å². The molecule has 8 nitrogen and oxygen atoms in total. The van der Waals surface area contributed by atoms with Crippen LogP contribution in [-0.2, 0) is 6.54 Å². The van der Waals surface area contributed by atoms with Crippen LogP contribution in [0.3, 0.4) is 0 Å². The van der Waals surface area contributed by atoms with Crippen molar-refractivity contribution < 1.29 is 4.52 Å². The Balaban J connectivity index is 1.69. The van der Waals surface area contributed by atoms with E-state index in [4.69, 9.17) is 9.51 Å². The number of anilines is 1. The van der Waals surface area contributed by atoms with Gasteiger partial charge in [0.1, 0.15) is 5.76 Å². The first-order valence-corrected chi connectivity index (χ1v) is 9.71. The molecule has 0 saturated carbocycles. The van der Waals surface area contributed by atoms with Gasteiger partial charge in [-0.3, -0.25) is 10.00 Å². The fourth-order valence-electron chi connectivity index (χ4n) is 4.01. The van der Waals surface area contributed by atoms with Crippen LogP contribution in [-0.4, -0.2) is 57.4 Å². The van der Waals surface area contributed by atoms with Gasteiger partial charge in [0.15, 0.2) is 0 Å². The number of hydrogen-bond acceptors (Lipinski definition) is 7. The molecule has 1 atom stereocenters. The predicted molar refractivity (Wildman–Crippen MR) is 107 cm³/mol. The van der Waals surface area contributed by atoms with E-state index in [0.717, 1.165) is 72.4 Å². The molecular weight excluding hydrogens is 354 g/mol. The highest BCUT2D eigenvalue weighted by molar-refractivity contribution is 5.70. The first kappa shape index (κ1) is 18.6. The first-order valence-electron chi connectivity index (χ1n) is 9.71. The molecular formula is C20H27N7O. The molecule has 4 rings (SSSR count). The Morgan fingerprint density at radius 1 is 1.32 bits per heavy atom. The van der Waals surface area contributed by atoms with Gasteiger partial charge in [-0.05, 0) is 39.3 Å². The second-order valence-electron chi connectivity index (χ2n) is 7.72. The molecule has 8 heteroatoms. The number of aromatic nitrogens is 5. The van der Waals surface area contributed by atoms with Gasteiger partial charge in [0.2, 0.25) is 5.95 Å². The summed E-state index contributed by atoms with van der Waals surface area (Å²) >= 11 is 0. The number of hydrogen-bond donors (Lipinski definition) is 1. The molecule has 0 spiro atoms. The Morgan fingerprint density at radius 3 is 2.86 bits per heavy atom. The molecule has 0 aromatic carbocycles. The number of piperidine rings is 1. The lowest BCUT2D eigenvalue weighted by atomic mass is 9.89. The highest BCUT2D eigenvalue weighted by Crippen LogP contribution is 2.36. The van der Waals surface area contributed by atoms with Gasteiger partial charge in [-0.2, -0.15) is 5.10 Å². The lowest BCUT2D eigenvalue weighted by Gasteiger charge is -2.33. The van der Waals surface area contributed by atoms with Crippen LogP contribution in [0.25, 0.3) is 11.1 Å². The number of nitrogens with one attached hydrogen (secondary N) is 1. The third kappa shape index (κ3) is 3.64. The summed E-state index contributed by atoms with van der Waals surface area (Å²) in [6, 6.07) is 2.04. The summed E-state index contributed by atoms with van der Waals surface area (Å²) in [5.74, 6) is 1.88. The zero-order valence-corrected chi connectivity index (χ0v) is 16.9. The first-order chi connectivity index (χ1) is 13.5. The van der Waals surface area contributed by atoms with E-state index in [-0.39, 0.29) is 0 Å². The van der Waals surface area contributed by atoms with Crippen molar-refractivity contribution in [2.24, 2.45) is 0 Å². The van der Waals surface area contributed by atoms with Crippen molar-refractivity contribution in [1.82, 2.24) is 30.2 Å². The minimum atomic E-state index is 0.335. The van der Waals surface area contributed by atoms with Crippen molar-refractivity contribution >= 4 is 5.95 Å². The van der Waals surface area contributed by atoms with E-state index < -0.39 is 0 Å². The van der Waals surface area contributed by atoms with E-state index in [9.17, 15) is 0 Å². The summed E-state index contributed by atoms with van der Waals surface area (Å²) in [6.07, 6.45) is 5.99. The Hall–Kier alpha value is -2.74. The van der Waals surface area contributed by atoms with Crippen LogP contribution < -0.4 is 4.90 Å². The Labute approximate surface area is 165 Å². The van der Waals surface area contributed by atoms with Gasteiger partial charge >= 0.3 is 0 Å². The molecule has 1 fully saturated rings. The van der Waals surface area contributed by atoms with Crippen LogP contribution in [0.5, 0.6) is 0 Å². The van der Waals surface area contributed by atoms with Crippen molar-refractivity contribution in [3.8, 4) is 11.1 Å². The Morgan fingerprint density at radius 2 is 2.18 bits per heavy atom. The maximum atomic E-state index is 5.42. The number of nitrogens with zero attached hydrogens (tertiary/aromatic N) is 6. The zero-order valence-electron chi connectivity index (χ0n) is 16.9. The summed E-state index contributed by atoms with van der Waals surface area (Å²) < 4.78 is 5.42. The number of aromatic amines is 1. The zero-order chi connectivity index (χ0) is 19.7. The second-order valence-corrected chi connectivity index (χ2v) is 7.72. The van der Waals surface area contributed by atoms with Crippen LogP contribution in [0.15, 0.2) is 23.0 Å². The van der Waals surface area contributed by atoms with E-state index in [0.29, 0.717) is 5.92 Å². The third-order valence-electron chi connectivity index (χ3n) is 5.35. The summed E-state index contributed by atoms with van der Waals surface area (Å²) in [5.41, 5.74) is 5.16. The molecule has 1 aliphatic heterocycles. The van der Waals surface area contributed by atoms with E-state index in [1.54, 1.807) is 6.20 Å². The van der Waals surface area contributed by atoms with Crippen LogP contribution >= 0.6 is 0 Å². The summed E-state index contributed by atoms with van der Waals surface area (Å²) in [7, 11) is 3.94. The lowest BCUT2D eigenvalue weighted by molar-refractivity contribution is 0.196.